The monoisotopic (exact) mass is 495 g/mol. The Bertz CT molecular complexity index is 824. The van der Waals surface area contributed by atoms with Crippen molar-refractivity contribution in [3.05, 3.63) is 17.6 Å². The van der Waals surface area contributed by atoms with Crippen LogP contribution in [0.25, 0.3) is 0 Å². The molecule has 1 N–H and O–H groups in total. The van der Waals surface area contributed by atoms with Crippen molar-refractivity contribution in [1.82, 2.24) is 20.2 Å². The zero-order valence-electron chi connectivity index (χ0n) is 22.0. The number of carbonyl (C=O) groups excluding carboxylic acids is 1. The Hall–Kier alpha value is -1.87. The molecule has 198 valence electrons. The second-order valence-corrected chi connectivity index (χ2v) is 11.2. The second kappa shape index (κ2) is 12.4. The normalized spacial score (nSPS) is 24.1. The van der Waals surface area contributed by atoms with Gasteiger partial charge in [-0.25, -0.2) is 9.97 Å². The molecule has 9 heteroatoms. The maximum atomic E-state index is 12.4. The molecular weight excluding hydrogens is 452 g/mol. The summed E-state index contributed by atoms with van der Waals surface area (Å²) in [6, 6.07) is 2.68. The minimum atomic E-state index is -2.76. The first-order chi connectivity index (χ1) is 16.5. The third-order valence-corrected chi connectivity index (χ3v) is 7.21. The summed E-state index contributed by atoms with van der Waals surface area (Å²) in [7, 11) is 0. The van der Waals surface area contributed by atoms with Crippen LogP contribution in [0.1, 0.15) is 78.2 Å². The number of halogens is 2. The first-order valence-corrected chi connectivity index (χ1v) is 13.1. The fourth-order valence-corrected chi connectivity index (χ4v) is 5.13. The second-order valence-electron chi connectivity index (χ2n) is 11.2. The predicted octanol–water partition coefficient (Wildman–Crippen LogP) is 4.15. The van der Waals surface area contributed by atoms with E-state index in [-0.39, 0.29) is 17.9 Å². The third-order valence-electron chi connectivity index (χ3n) is 7.21. The van der Waals surface area contributed by atoms with Gasteiger partial charge in [-0.2, -0.15) is 8.78 Å². The van der Waals surface area contributed by atoms with Crippen molar-refractivity contribution in [1.29, 1.82) is 0 Å². The van der Waals surface area contributed by atoms with Crippen molar-refractivity contribution < 1.29 is 18.3 Å². The van der Waals surface area contributed by atoms with E-state index in [1.807, 2.05) is 6.07 Å². The molecule has 2 heterocycles. The molecule has 3 rings (SSSR count). The van der Waals surface area contributed by atoms with E-state index in [4.69, 9.17) is 4.98 Å². The van der Waals surface area contributed by atoms with Gasteiger partial charge >= 0.3 is 6.61 Å². The SMILES string of the molecule is CC(=O)NC1CCC(CCN2CCN(c3cc(CCOC(F)F)nc(C(C)(C)C)n3)CC2C)CC1. The van der Waals surface area contributed by atoms with Gasteiger partial charge in [0.25, 0.3) is 0 Å². The van der Waals surface area contributed by atoms with Crippen LogP contribution in [0.4, 0.5) is 14.6 Å². The zero-order valence-corrected chi connectivity index (χ0v) is 22.0. The molecule has 0 bridgehead atoms. The van der Waals surface area contributed by atoms with Crippen molar-refractivity contribution in [3.8, 4) is 0 Å². The maximum Gasteiger partial charge on any atom is 0.345 e. The van der Waals surface area contributed by atoms with Gasteiger partial charge in [-0.15, -0.1) is 0 Å². The Morgan fingerprint density at radius 3 is 2.51 bits per heavy atom. The van der Waals surface area contributed by atoms with Gasteiger partial charge in [0.15, 0.2) is 0 Å². The maximum absolute atomic E-state index is 12.4. The number of anilines is 1. The molecule has 1 aromatic heterocycles. The van der Waals surface area contributed by atoms with E-state index in [1.54, 1.807) is 6.92 Å². The standard InChI is InChI=1S/C26H43F2N5O2/c1-18-17-33(14-13-32(18)12-10-20-6-8-21(9-7-20)29-19(2)34)23-16-22(11-15-35-25(27)28)30-24(31-23)26(3,4)5/h16,18,20-21,25H,6-15,17H2,1-5H3,(H,29,34). The Labute approximate surface area is 209 Å². The zero-order chi connectivity index (χ0) is 25.6. The molecule has 2 fully saturated rings. The van der Waals surface area contributed by atoms with Crippen molar-refractivity contribution in [2.75, 3.05) is 37.7 Å². The van der Waals surface area contributed by atoms with Gasteiger partial charge in [-0.05, 0) is 51.5 Å². The Kier molecular flexibility index (Phi) is 9.81. The van der Waals surface area contributed by atoms with Crippen molar-refractivity contribution in [2.45, 2.75) is 97.3 Å². The number of nitrogens with zero attached hydrogens (tertiary/aromatic N) is 4. The molecule has 1 aliphatic carbocycles. The largest absolute Gasteiger partial charge is 0.354 e. The fraction of sp³-hybridized carbons (Fsp3) is 0.808. The summed E-state index contributed by atoms with van der Waals surface area (Å²) in [5.41, 5.74) is 0.506. The molecule has 1 amide bonds. The highest BCUT2D eigenvalue weighted by molar-refractivity contribution is 5.73. The Balaban J connectivity index is 1.55. The van der Waals surface area contributed by atoms with Gasteiger partial charge in [0, 0.05) is 62.2 Å². The lowest BCUT2D eigenvalue weighted by atomic mass is 9.84. The smallest absolute Gasteiger partial charge is 0.345 e. The van der Waals surface area contributed by atoms with Crippen LogP contribution in [0.3, 0.4) is 0 Å². The lowest BCUT2D eigenvalue weighted by Gasteiger charge is -2.41. The highest BCUT2D eigenvalue weighted by atomic mass is 19.3. The minimum Gasteiger partial charge on any atom is -0.354 e. The predicted molar refractivity (Wildman–Crippen MR) is 134 cm³/mol. The van der Waals surface area contributed by atoms with Crippen LogP contribution in [-0.4, -0.2) is 72.3 Å². The van der Waals surface area contributed by atoms with E-state index in [9.17, 15) is 13.6 Å². The number of hydrogen-bond donors (Lipinski definition) is 1. The molecule has 1 aliphatic heterocycles. The lowest BCUT2D eigenvalue weighted by Crippen LogP contribution is -2.52. The highest BCUT2D eigenvalue weighted by Gasteiger charge is 2.28. The molecule has 0 radical (unpaired) electrons. The van der Waals surface area contributed by atoms with Gasteiger partial charge in [-0.1, -0.05) is 20.8 Å². The van der Waals surface area contributed by atoms with E-state index in [0.29, 0.717) is 18.5 Å². The van der Waals surface area contributed by atoms with Crippen LogP contribution < -0.4 is 10.2 Å². The van der Waals surface area contributed by atoms with Crippen LogP contribution >= 0.6 is 0 Å². The summed E-state index contributed by atoms with van der Waals surface area (Å²) >= 11 is 0. The van der Waals surface area contributed by atoms with Gasteiger partial charge in [0.2, 0.25) is 5.91 Å². The van der Waals surface area contributed by atoms with Crippen molar-refractivity contribution in [3.63, 3.8) is 0 Å². The summed E-state index contributed by atoms with van der Waals surface area (Å²) < 4.78 is 29.3. The number of nitrogens with one attached hydrogen (secondary N) is 1. The molecule has 1 saturated heterocycles. The molecule has 2 aliphatic rings. The number of alkyl halides is 2. The van der Waals surface area contributed by atoms with E-state index < -0.39 is 6.61 Å². The van der Waals surface area contributed by atoms with Crippen LogP contribution in [0.15, 0.2) is 6.07 Å². The van der Waals surface area contributed by atoms with Crippen molar-refractivity contribution in [2.24, 2.45) is 5.92 Å². The van der Waals surface area contributed by atoms with E-state index >= 15 is 0 Å². The molecule has 0 spiro atoms. The number of aromatic nitrogens is 2. The van der Waals surface area contributed by atoms with E-state index in [2.05, 4.69) is 52.5 Å². The highest BCUT2D eigenvalue weighted by Crippen LogP contribution is 2.28. The number of hydrogen-bond acceptors (Lipinski definition) is 6. The molecule has 35 heavy (non-hydrogen) atoms. The summed E-state index contributed by atoms with van der Waals surface area (Å²) in [6.45, 7) is 11.1. The average molecular weight is 496 g/mol. The average Bonchev–Trinajstić information content (AvgIpc) is 2.78. The summed E-state index contributed by atoms with van der Waals surface area (Å²) in [5.74, 6) is 2.42. The Morgan fingerprint density at radius 1 is 1.20 bits per heavy atom. The minimum absolute atomic E-state index is 0.0609. The molecule has 1 aromatic rings. The van der Waals surface area contributed by atoms with Gasteiger partial charge in [0.1, 0.15) is 11.6 Å². The first-order valence-electron chi connectivity index (χ1n) is 13.1. The topological polar surface area (TPSA) is 70.6 Å². The van der Waals surface area contributed by atoms with Gasteiger partial charge in [-0.3, -0.25) is 9.69 Å². The quantitative estimate of drug-likeness (QED) is 0.555. The third kappa shape index (κ3) is 8.63. The molecule has 1 atom stereocenters. The number of rotatable bonds is 9. The van der Waals surface area contributed by atoms with Crippen LogP contribution in [-0.2, 0) is 21.4 Å². The van der Waals surface area contributed by atoms with Crippen LogP contribution in [0, 0.1) is 5.92 Å². The molecule has 7 nitrogen and oxygen atoms in total. The summed E-state index contributed by atoms with van der Waals surface area (Å²) in [4.78, 5) is 25.6. The van der Waals surface area contributed by atoms with E-state index in [1.165, 1.54) is 19.3 Å². The summed E-state index contributed by atoms with van der Waals surface area (Å²) in [6.07, 6.45) is 6.08. The number of carbonyl (C=O) groups is 1. The molecule has 1 saturated carbocycles. The molecule has 0 aromatic carbocycles. The number of ether oxygens (including phenoxy) is 1. The van der Waals surface area contributed by atoms with Gasteiger partial charge < -0.3 is 15.0 Å². The fourth-order valence-electron chi connectivity index (χ4n) is 5.13. The molecule has 1 unspecified atom stereocenters. The number of amides is 1. The summed E-state index contributed by atoms with van der Waals surface area (Å²) in [5, 5.41) is 3.06. The molecular formula is C26H43F2N5O2. The first kappa shape index (κ1) is 27.7. The lowest BCUT2D eigenvalue weighted by molar-refractivity contribution is -0.127. The van der Waals surface area contributed by atoms with Crippen LogP contribution in [0.5, 0.6) is 0 Å². The van der Waals surface area contributed by atoms with Crippen LogP contribution in [0.2, 0.25) is 0 Å². The number of piperazine rings is 1. The van der Waals surface area contributed by atoms with Gasteiger partial charge in [0.05, 0.1) is 6.61 Å². The Morgan fingerprint density at radius 2 is 1.91 bits per heavy atom. The van der Waals surface area contributed by atoms with Crippen molar-refractivity contribution >= 4 is 11.7 Å². The van der Waals surface area contributed by atoms with E-state index in [0.717, 1.165) is 62.3 Å².